The average molecular weight is 778 g/mol. The number of aromatic hydroxyl groups is 1. The topological polar surface area (TPSA) is 106 Å². The summed E-state index contributed by atoms with van der Waals surface area (Å²) in [6.45, 7) is 7.26. The van der Waals surface area contributed by atoms with Gasteiger partial charge in [0, 0.05) is 69.4 Å². The number of hydrogen-bond acceptors (Lipinski definition) is 8. The fourth-order valence-corrected chi connectivity index (χ4v) is 12.0. The van der Waals surface area contributed by atoms with Gasteiger partial charge in [-0.25, -0.2) is 0 Å². The van der Waals surface area contributed by atoms with E-state index in [0.717, 1.165) is 75.0 Å². The molecule has 0 bridgehead atoms. The fraction of sp³-hybridized carbons (Fsp3) is 0.438. The molecule has 4 aromatic rings. The van der Waals surface area contributed by atoms with E-state index in [1.807, 2.05) is 18.2 Å². The van der Waals surface area contributed by atoms with Gasteiger partial charge in [0.05, 0.1) is 11.7 Å². The third-order valence-corrected chi connectivity index (χ3v) is 14.7. The molecule has 1 unspecified atom stereocenters. The number of ether oxygens (including phenoxy) is 1. The fourth-order valence-electron chi connectivity index (χ4n) is 12.0. The minimum absolute atomic E-state index is 0.161. The molecule has 11 rings (SSSR count). The maximum Gasteiger partial charge on any atom is 0.255 e. The Morgan fingerprint density at radius 1 is 0.828 bits per heavy atom. The molecule has 5 aliphatic heterocycles. The number of nitrogens with one attached hydrogen (secondary N) is 1. The van der Waals surface area contributed by atoms with Gasteiger partial charge in [-0.2, -0.15) is 0 Å². The predicted molar refractivity (Wildman–Crippen MR) is 221 cm³/mol. The first-order valence-electron chi connectivity index (χ1n) is 21.4. The van der Waals surface area contributed by atoms with E-state index in [1.165, 1.54) is 47.2 Å². The van der Waals surface area contributed by atoms with Crippen LogP contribution in [-0.2, 0) is 22.6 Å². The number of piperazine rings is 1. The van der Waals surface area contributed by atoms with Gasteiger partial charge in [-0.15, -0.1) is 0 Å². The van der Waals surface area contributed by atoms with E-state index < -0.39 is 6.04 Å². The summed E-state index contributed by atoms with van der Waals surface area (Å²) in [7, 11) is 0. The number of hydrogen-bond donors (Lipinski definition) is 2. The number of phenols is 1. The molecule has 4 aromatic carbocycles. The molecule has 3 amide bonds. The molecule has 7 aliphatic rings. The number of fused-ring (bicyclic) bond motifs is 5. The van der Waals surface area contributed by atoms with Gasteiger partial charge in [-0.3, -0.25) is 24.6 Å². The molecule has 4 atom stereocenters. The van der Waals surface area contributed by atoms with Gasteiger partial charge < -0.3 is 24.5 Å². The monoisotopic (exact) mass is 777 g/mol. The van der Waals surface area contributed by atoms with Crippen molar-refractivity contribution < 1.29 is 24.2 Å². The maximum absolute atomic E-state index is 13.4. The summed E-state index contributed by atoms with van der Waals surface area (Å²) in [5, 5.41) is 12.7. The number of phenolic OH excluding ortho intramolecular Hbond substituents is 1. The van der Waals surface area contributed by atoms with Crippen molar-refractivity contribution in [1.82, 2.24) is 15.1 Å². The van der Waals surface area contributed by atoms with Gasteiger partial charge >= 0.3 is 0 Å². The van der Waals surface area contributed by atoms with Gasteiger partial charge in [0.25, 0.3) is 5.91 Å². The predicted octanol–water partition coefficient (Wildman–Crippen LogP) is 6.20. The average Bonchev–Trinajstić information content (AvgIpc) is 3.81. The van der Waals surface area contributed by atoms with Crippen LogP contribution in [0.25, 0.3) is 0 Å². The van der Waals surface area contributed by atoms with Crippen LogP contribution in [-0.4, -0.2) is 90.6 Å². The Kier molecular flexibility index (Phi) is 8.57. The molecular formula is C48H51N5O5. The van der Waals surface area contributed by atoms with Crippen molar-refractivity contribution in [3.63, 3.8) is 0 Å². The van der Waals surface area contributed by atoms with Crippen molar-refractivity contribution in [2.45, 2.75) is 75.4 Å². The van der Waals surface area contributed by atoms with Crippen LogP contribution in [0.1, 0.15) is 88.5 Å². The van der Waals surface area contributed by atoms with Crippen molar-refractivity contribution in [3.05, 3.63) is 118 Å². The number of aryl methyl sites for hydroxylation is 1. The van der Waals surface area contributed by atoms with Crippen LogP contribution in [0.3, 0.4) is 0 Å². The van der Waals surface area contributed by atoms with Crippen LogP contribution < -0.4 is 19.9 Å². The highest BCUT2D eigenvalue weighted by molar-refractivity contribution is 6.06. The van der Waals surface area contributed by atoms with Gasteiger partial charge in [-0.1, -0.05) is 48.5 Å². The van der Waals surface area contributed by atoms with Crippen molar-refractivity contribution in [2.24, 2.45) is 11.3 Å². The third kappa shape index (κ3) is 6.14. The van der Waals surface area contributed by atoms with Gasteiger partial charge in [-0.05, 0) is 120 Å². The van der Waals surface area contributed by atoms with Crippen molar-refractivity contribution >= 4 is 29.1 Å². The number of nitrogens with zero attached hydrogens (tertiary/aromatic N) is 4. The molecule has 4 fully saturated rings. The number of carbonyl (C=O) groups is 3. The van der Waals surface area contributed by atoms with E-state index in [-0.39, 0.29) is 36.1 Å². The van der Waals surface area contributed by atoms with Crippen molar-refractivity contribution in [3.8, 4) is 11.5 Å². The SMILES string of the molecule is O=C1CCC(N2Cc3cc4c(cc3C2=O)OC[C@@H]2CN(CC3CC5(CCN(c6ccc([C@@H]7c8ccc(O)cc8CC[C@@H]7c7ccccc7)cc6)C5)C3)CCN42)C(=O)N1. The minimum Gasteiger partial charge on any atom is -0.508 e. The first-order chi connectivity index (χ1) is 28.3. The lowest BCUT2D eigenvalue weighted by Crippen LogP contribution is -2.58. The van der Waals surface area contributed by atoms with Gasteiger partial charge in [0.15, 0.2) is 0 Å². The highest BCUT2D eigenvalue weighted by atomic mass is 16.5. The van der Waals surface area contributed by atoms with Crippen LogP contribution in [0.2, 0.25) is 0 Å². The standard InChI is InChI=1S/C48H51N5O5/c54-37-11-13-39-33(20-37)8-12-38(31-4-2-1-3-5-31)45(39)32-6-9-35(10-7-32)51-17-16-48(29-51)23-30(24-48)25-50-18-19-52-36(27-50)28-58-43-22-40-34(21-42(43)52)26-53(47(40)57)41-14-15-44(55)49-46(41)56/h1-7,9-11,13,20-22,30,36,38,41,45,54H,8,12,14-19,23-29H2,(H,49,55,56)/t30?,36-,38+,41?,45-,48?/m0/s1. The number of piperidine rings is 1. The zero-order valence-corrected chi connectivity index (χ0v) is 32.9. The molecule has 10 nitrogen and oxygen atoms in total. The second kappa shape index (κ2) is 13.9. The van der Waals surface area contributed by atoms with E-state index in [4.69, 9.17) is 4.74 Å². The summed E-state index contributed by atoms with van der Waals surface area (Å²) >= 11 is 0. The molecule has 1 spiro atoms. The normalized spacial score (nSPS) is 29.0. The number of benzene rings is 4. The highest BCUT2D eigenvalue weighted by Crippen LogP contribution is 2.53. The molecular weight excluding hydrogens is 727 g/mol. The lowest BCUT2D eigenvalue weighted by Gasteiger charge is -2.50. The van der Waals surface area contributed by atoms with Crippen LogP contribution in [0.5, 0.6) is 11.5 Å². The quantitative estimate of drug-likeness (QED) is 0.223. The molecule has 1 saturated carbocycles. The largest absolute Gasteiger partial charge is 0.508 e. The Hall–Kier alpha value is -5.35. The Morgan fingerprint density at radius 3 is 2.50 bits per heavy atom. The molecule has 10 heteroatoms. The first-order valence-corrected chi connectivity index (χ1v) is 21.4. The smallest absolute Gasteiger partial charge is 0.255 e. The summed E-state index contributed by atoms with van der Waals surface area (Å²) in [5.41, 5.74) is 9.67. The number of imide groups is 1. The second-order valence-corrected chi connectivity index (χ2v) is 18.2. The molecule has 0 aromatic heterocycles. The molecule has 3 saturated heterocycles. The number of anilines is 2. The summed E-state index contributed by atoms with van der Waals surface area (Å²) < 4.78 is 6.32. The zero-order valence-electron chi connectivity index (χ0n) is 32.9. The van der Waals surface area contributed by atoms with Crippen LogP contribution in [0.4, 0.5) is 11.4 Å². The van der Waals surface area contributed by atoms with Gasteiger partial charge in [0.2, 0.25) is 11.8 Å². The maximum atomic E-state index is 13.4. The molecule has 2 N–H and O–H groups in total. The molecule has 298 valence electrons. The summed E-state index contributed by atoms with van der Waals surface area (Å²) in [5.74, 6) is 1.67. The number of carbonyl (C=O) groups excluding carboxylic acids is 3. The van der Waals surface area contributed by atoms with Crippen LogP contribution in [0.15, 0.2) is 84.9 Å². The third-order valence-electron chi connectivity index (χ3n) is 14.7. The lowest BCUT2D eigenvalue weighted by atomic mass is 9.61. The van der Waals surface area contributed by atoms with E-state index in [2.05, 4.69) is 86.7 Å². The lowest BCUT2D eigenvalue weighted by molar-refractivity contribution is -0.136. The van der Waals surface area contributed by atoms with Crippen LogP contribution >= 0.6 is 0 Å². The Balaban J connectivity index is 0.707. The number of rotatable bonds is 6. The summed E-state index contributed by atoms with van der Waals surface area (Å²) in [4.78, 5) is 47.0. The zero-order chi connectivity index (χ0) is 39.1. The minimum atomic E-state index is -0.617. The summed E-state index contributed by atoms with van der Waals surface area (Å²) in [6.07, 6.45) is 6.50. The van der Waals surface area contributed by atoms with E-state index in [9.17, 15) is 19.5 Å². The molecule has 0 radical (unpaired) electrons. The van der Waals surface area contributed by atoms with E-state index in [1.54, 1.807) is 4.90 Å². The Labute approximate surface area is 339 Å². The van der Waals surface area contributed by atoms with Crippen LogP contribution in [0, 0.1) is 11.3 Å². The van der Waals surface area contributed by atoms with E-state index in [0.29, 0.717) is 42.2 Å². The number of amides is 3. The Bertz CT molecular complexity index is 2290. The molecule has 58 heavy (non-hydrogen) atoms. The Morgan fingerprint density at radius 2 is 1.67 bits per heavy atom. The molecule has 2 aliphatic carbocycles. The van der Waals surface area contributed by atoms with Crippen molar-refractivity contribution in [1.29, 1.82) is 0 Å². The van der Waals surface area contributed by atoms with E-state index >= 15 is 0 Å². The molecule has 5 heterocycles. The first kappa shape index (κ1) is 35.8. The van der Waals surface area contributed by atoms with Gasteiger partial charge in [0.1, 0.15) is 24.1 Å². The highest BCUT2D eigenvalue weighted by Gasteiger charge is 2.49. The summed E-state index contributed by atoms with van der Waals surface area (Å²) in [6, 6.07) is 30.0. The van der Waals surface area contributed by atoms with Crippen molar-refractivity contribution in [2.75, 3.05) is 55.7 Å². The second-order valence-electron chi connectivity index (χ2n) is 18.2.